The van der Waals surface area contributed by atoms with Crippen molar-refractivity contribution in [2.45, 2.75) is 13.8 Å². The Hall–Kier alpha value is -4.96. The molecule has 0 aliphatic carbocycles. The Morgan fingerprint density at radius 2 is 1.40 bits per heavy atom. The van der Waals surface area contributed by atoms with Crippen LogP contribution < -0.4 is 15.5 Å². The Morgan fingerprint density at radius 3 is 2.05 bits per heavy atom. The van der Waals surface area contributed by atoms with Crippen LogP contribution in [-0.4, -0.2) is 43.9 Å². The molecule has 3 aromatic carbocycles. The molecular weight excluding hydrogens is 538 g/mol. The molecule has 0 fully saturated rings. The van der Waals surface area contributed by atoms with Gasteiger partial charge in [0.2, 0.25) is 0 Å². The molecule has 2 N–H and O–H groups in total. The lowest BCUT2D eigenvalue weighted by molar-refractivity contribution is -0.120. The molecule has 3 amide bonds. The number of halogens is 1. The van der Waals surface area contributed by atoms with Gasteiger partial charge in [0.05, 0.1) is 36.7 Å². The average molecular weight is 562 g/mol. The number of benzene rings is 3. The fraction of sp³-hybridized carbons (Fsp3) is 0.138. The number of aryl methyl sites for hydroxylation is 2. The second-order valence-electron chi connectivity index (χ2n) is 8.82. The van der Waals surface area contributed by atoms with E-state index in [1.165, 1.54) is 44.6 Å². The van der Waals surface area contributed by atoms with Crippen LogP contribution in [0, 0.1) is 13.8 Å². The maximum Gasteiger partial charge on any atom is 0.339 e. The van der Waals surface area contributed by atoms with Gasteiger partial charge < -0.3 is 20.1 Å². The number of methoxy groups -OCH3 is 2. The summed E-state index contributed by atoms with van der Waals surface area (Å²) >= 11 is 6.27. The van der Waals surface area contributed by atoms with Crippen molar-refractivity contribution in [3.63, 3.8) is 0 Å². The van der Waals surface area contributed by atoms with E-state index in [9.17, 15) is 24.0 Å². The fourth-order valence-electron chi connectivity index (χ4n) is 3.95. The first-order valence-electron chi connectivity index (χ1n) is 11.9. The number of nitrogens with zero attached hydrogens (tertiary/aromatic N) is 1. The second kappa shape index (κ2) is 11.4. The van der Waals surface area contributed by atoms with Crippen molar-refractivity contribution in [1.29, 1.82) is 0 Å². The van der Waals surface area contributed by atoms with Crippen molar-refractivity contribution in [3.8, 4) is 0 Å². The number of hydrogen-bond acceptors (Lipinski definition) is 8. The number of carbonyl (C=O) groups excluding carboxylic acids is 5. The summed E-state index contributed by atoms with van der Waals surface area (Å²) in [6.07, 6.45) is 0. The predicted molar refractivity (Wildman–Crippen MR) is 148 cm³/mol. The summed E-state index contributed by atoms with van der Waals surface area (Å²) in [6, 6.07) is 15.5. The normalized spacial score (nSPS) is 12.9. The molecule has 0 saturated heterocycles. The van der Waals surface area contributed by atoms with Crippen LogP contribution in [0.5, 0.6) is 0 Å². The minimum atomic E-state index is -0.720. The molecule has 1 heterocycles. The predicted octanol–water partition coefficient (Wildman–Crippen LogP) is 4.56. The van der Waals surface area contributed by atoms with E-state index < -0.39 is 29.7 Å². The highest BCUT2D eigenvalue weighted by atomic mass is 35.5. The molecule has 10 nitrogen and oxygen atoms in total. The number of hydrogen-bond donors (Lipinski definition) is 2. The lowest BCUT2D eigenvalue weighted by Crippen LogP contribution is -2.32. The minimum absolute atomic E-state index is 0.0252. The van der Waals surface area contributed by atoms with Crippen LogP contribution in [0.4, 0.5) is 17.1 Å². The van der Waals surface area contributed by atoms with E-state index in [2.05, 4.69) is 10.6 Å². The second-order valence-corrected chi connectivity index (χ2v) is 9.20. The average Bonchev–Trinajstić information content (AvgIpc) is 3.16. The van der Waals surface area contributed by atoms with Gasteiger partial charge in [-0.25, -0.2) is 14.5 Å². The van der Waals surface area contributed by atoms with Crippen LogP contribution >= 0.6 is 11.6 Å². The molecule has 0 radical (unpaired) electrons. The fourth-order valence-corrected chi connectivity index (χ4v) is 4.16. The summed E-state index contributed by atoms with van der Waals surface area (Å²) in [4.78, 5) is 64.4. The molecule has 4 rings (SSSR count). The maximum absolute atomic E-state index is 13.2. The number of nitrogens with one attached hydrogen (secondary N) is 2. The number of amides is 3. The molecule has 0 saturated carbocycles. The van der Waals surface area contributed by atoms with E-state index in [-0.39, 0.29) is 33.1 Å². The van der Waals surface area contributed by atoms with Gasteiger partial charge in [-0.05, 0) is 61.9 Å². The third-order valence-corrected chi connectivity index (χ3v) is 6.52. The minimum Gasteiger partial charge on any atom is -0.465 e. The van der Waals surface area contributed by atoms with Crippen LogP contribution in [0.3, 0.4) is 0 Å². The third-order valence-electron chi connectivity index (χ3n) is 6.17. The lowest BCUT2D eigenvalue weighted by Gasteiger charge is -2.16. The molecule has 11 heteroatoms. The van der Waals surface area contributed by atoms with Crippen LogP contribution in [0.15, 0.2) is 71.4 Å². The summed E-state index contributed by atoms with van der Waals surface area (Å²) in [7, 11) is 2.40. The highest BCUT2D eigenvalue weighted by Crippen LogP contribution is 2.31. The molecular formula is C29H24ClN3O7. The molecule has 204 valence electrons. The van der Waals surface area contributed by atoms with Crippen LogP contribution in [-0.2, 0) is 19.1 Å². The van der Waals surface area contributed by atoms with Gasteiger partial charge in [-0.3, -0.25) is 14.4 Å². The maximum atomic E-state index is 13.2. The lowest BCUT2D eigenvalue weighted by atomic mass is 10.1. The van der Waals surface area contributed by atoms with Gasteiger partial charge in [-0.2, -0.15) is 0 Å². The summed E-state index contributed by atoms with van der Waals surface area (Å²) in [5.74, 6) is -3.32. The van der Waals surface area contributed by atoms with Crippen molar-refractivity contribution < 1.29 is 33.4 Å². The quantitative estimate of drug-likeness (QED) is 0.317. The largest absolute Gasteiger partial charge is 0.465 e. The van der Waals surface area contributed by atoms with Gasteiger partial charge in [-0.1, -0.05) is 35.4 Å². The Kier molecular flexibility index (Phi) is 8.01. The van der Waals surface area contributed by atoms with E-state index in [0.717, 1.165) is 10.5 Å². The van der Waals surface area contributed by atoms with E-state index in [0.29, 0.717) is 16.9 Å². The van der Waals surface area contributed by atoms with Crippen molar-refractivity contribution >= 4 is 58.3 Å². The number of rotatable bonds is 7. The molecule has 40 heavy (non-hydrogen) atoms. The summed E-state index contributed by atoms with van der Waals surface area (Å²) in [5, 5.41) is 5.23. The van der Waals surface area contributed by atoms with Crippen molar-refractivity contribution in [2.75, 3.05) is 29.8 Å². The summed E-state index contributed by atoms with van der Waals surface area (Å²) in [6.45, 7) is 3.63. The van der Waals surface area contributed by atoms with Crippen LogP contribution in [0.2, 0.25) is 0 Å². The smallest absolute Gasteiger partial charge is 0.339 e. The van der Waals surface area contributed by atoms with Crippen LogP contribution in [0.25, 0.3) is 0 Å². The topological polar surface area (TPSA) is 131 Å². The molecule has 0 unspecified atom stereocenters. The van der Waals surface area contributed by atoms with Gasteiger partial charge in [-0.15, -0.1) is 0 Å². The Bertz CT molecular complexity index is 1600. The van der Waals surface area contributed by atoms with E-state index in [4.69, 9.17) is 21.1 Å². The van der Waals surface area contributed by atoms with E-state index >= 15 is 0 Å². The van der Waals surface area contributed by atoms with Crippen LogP contribution in [0.1, 0.15) is 42.2 Å². The summed E-state index contributed by atoms with van der Waals surface area (Å²) in [5.41, 5.74) is 2.53. The number of anilines is 3. The van der Waals surface area contributed by atoms with Gasteiger partial charge >= 0.3 is 11.9 Å². The first kappa shape index (κ1) is 28.1. The molecule has 0 atom stereocenters. The molecule has 1 aliphatic rings. The van der Waals surface area contributed by atoms with E-state index in [1.807, 2.05) is 6.92 Å². The zero-order valence-electron chi connectivity index (χ0n) is 22.0. The van der Waals surface area contributed by atoms with Crippen molar-refractivity contribution in [2.24, 2.45) is 0 Å². The van der Waals surface area contributed by atoms with Crippen molar-refractivity contribution in [3.05, 3.63) is 99.2 Å². The standard InChI is InChI=1S/C29H24ClN3O7/c1-15-5-10-19(11-6-15)33-26(35)23(30)24(27(33)36)31-21-13-17(8-7-16(21)2)25(34)32-22-14-18(28(37)39-3)9-12-20(22)29(38)40-4/h5-14,31H,1-4H3,(H,32,34). The number of carbonyl (C=O) groups is 5. The Balaban J connectivity index is 1.62. The van der Waals surface area contributed by atoms with E-state index in [1.54, 1.807) is 37.3 Å². The first-order chi connectivity index (χ1) is 19.0. The number of ether oxygens (including phenoxy) is 2. The highest BCUT2D eigenvalue weighted by Gasteiger charge is 2.39. The zero-order valence-corrected chi connectivity index (χ0v) is 22.7. The van der Waals surface area contributed by atoms with Gasteiger partial charge in [0, 0.05) is 11.3 Å². The number of imide groups is 1. The Morgan fingerprint density at radius 1 is 0.775 bits per heavy atom. The molecule has 0 spiro atoms. The SMILES string of the molecule is COC(=O)c1ccc(C(=O)OC)c(NC(=O)c2ccc(C)c(NC3=C(Cl)C(=O)N(c4ccc(C)cc4)C3=O)c2)c1. The molecule has 0 bridgehead atoms. The molecule has 3 aromatic rings. The number of esters is 2. The zero-order chi connectivity index (χ0) is 29.1. The molecule has 0 aromatic heterocycles. The third kappa shape index (κ3) is 5.43. The monoisotopic (exact) mass is 561 g/mol. The molecule has 1 aliphatic heterocycles. The van der Waals surface area contributed by atoms with Gasteiger partial charge in [0.25, 0.3) is 17.7 Å². The van der Waals surface area contributed by atoms with Gasteiger partial charge in [0.15, 0.2) is 0 Å². The van der Waals surface area contributed by atoms with Gasteiger partial charge in [0.1, 0.15) is 10.7 Å². The summed E-state index contributed by atoms with van der Waals surface area (Å²) < 4.78 is 9.50. The van der Waals surface area contributed by atoms with Crippen molar-refractivity contribution in [1.82, 2.24) is 0 Å². The highest BCUT2D eigenvalue weighted by molar-refractivity contribution is 6.53. The Labute approximate surface area is 234 Å². The first-order valence-corrected chi connectivity index (χ1v) is 12.3.